The van der Waals surface area contributed by atoms with Gasteiger partial charge in [0.05, 0.1) is 11.9 Å². The normalized spacial score (nSPS) is 16.4. The van der Waals surface area contributed by atoms with Gasteiger partial charge in [0.1, 0.15) is 0 Å². The molecule has 1 aliphatic rings. The first-order chi connectivity index (χ1) is 8.25. The molecule has 0 aromatic carbocycles. The molecule has 0 radical (unpaired) electrons. The Morgan fingerprint density at radius 1 is 1.24 bits per heavy atom. The first kappa shape index (κ1) is 11.9. The maximum Gasteiger partial charge on any atom is 0.321 e. The molecule has 1 N–H and O–H groups in total. The molecule has 0 atom stereocenters. The lowest BCUT2D eigenvalue weighted by atomic mass is 10.2. The van der Waals surface area contributed by atoms with Crippen molar-refractivity contribution in [2.45, 2.75) is 32.6 Å². The van der Waals surface area contributed by atoms with E-state index in [1.54, 1.807) is 6.20 Å². The van der Waals surface area contributed by atoms with Gasteiger partial charge < -0.3 is 10.2 Å². The summed E-state index contributed by atoms with van der Waals surface area (Å²) in [7, 11) is 0. The number of hydrogen-bond acceptors (Lipinski definition) is 2. The van der Waals surface area contributed by atoms with Gasteiger partial charge in [-0.05, 0) is 31.9 Å². The van der Waals surface area contributed by atoms with Crippen molar-refractivity contribution >= 4 is 11.7 Å². The average molecular weight is 233 g/mol. The van der Waals surface area contributed by atoms with E-state index in [1.165, 1.54) is 12.8 Å². The van der Waals surface area contributed by atoms with Gasteiger partial charge in [-0.1, -0.05) is 12.8 Å². The SMILES string of the molecule is Cc1ccc(NC(=O)N2CCCCCC2)cn1. The number of aryl methyl sites for hydroxylation is 1. The van der Waals surface area contributed by atoms with E-state index in [0.29, 0.717) is 0 Å². The molecule has 0 saturated carbocycles. The number of nitrogens with one attached hydrogen (secondary N) is 1. The van der Waals surface area contributed by atoms with E-state index in [-0.39, 0.29) is 6.03 Å². The molecule has 0 spiro atoms. The summed E-state index contributed by atoms with van der Waals surface area (Å²) in [6.45, 7) is 3.66. The van der Waals surface area contributed by atoms with Crippen LogP contribution < -0.4 is 5.32 Å². The highest BCUT2D eigenvalue weighted by Crippen LogP contribution is 2.12. The number of nitrogens with zero attached hydrogens (tertiary/aromatic N) is 2. The fourth-order valence-electron chi connectivity index (χ4n) is 2.02. The van der Waals surface area contributed by atoms with Gasteiger partial charge in [0.15, 0.2) is 0 Å². The molecule has 1 aromatic heterocycles. The maximum atomic E-state index is 12.0. The van der Waals surface area contributed by atoms with Gasteiger partial charge in [0, 0.05) is 18.8 Å². The number of hydrogen-bond donors (Lipinski definition) is 1. The van der Waals surface area contributed by atoms with Crippen molar-refractivity contribution in [2.75, 3.05) is 18.4 Å². The van der Waals surface area contributed by atoms with E-state index in [0.717, 1.165) is 37.3 Å². The molecular formula is C13H19N3O. The Labute approximate surface area is 102 Å². The molecule has 2 amide bonds. The van der Waals surface area contributed by atoms with Crippen molar-refractivity contribution in [3.05, 3.63) is 24.0 Å². The predicted molar refractivity (Wildman–Crippen MR) is 68.0 cm³/mol. The Kier molecular flexibility index (Phi) is 3.96. The third-order valence-corrected chi connectivity index (χ3v) is 3.06. The van der Waals surface area contributed by atoms with Gasteiger partial charge in [0.2, 0.25) is 0 Å². The maximum absolute atomic E-state index is 12.0. The second kappa shape index (κ2) is 5.66. The minimum Gasteiger partial charge on any atom is -0.325 e. The molecule has 1 aliphatic heterocycles. The third kappa shape index (κ3) is 3.44. The summed E-state index contributed by atoms with van der Waals surface area (Å²) in [5, 5.41) is 2.89. The van der Waals surface area contributed by atoms with Gasteiger partial charge in [0.25, 0.3) is 0 Å². The lowest BCUT2D eigenvalue weighted by Gasteiger charge is -2.20. The van der Waals surface area contributed by atoms with E-state index >= 15 is 0 Å². The fourth-order valence-corrected chi connectivity index (χ4v) is 2.02. The van der Waals surface area contributed by atoms with Crippen LogP contribution >= 0.6 is 0 Å². The van der Waals surface area contributed by atoms with Gasteiger partial charge in [-0.3, -0.25) is 4.98 Å². The standard InChI is InChI=1S/C13H19N3O/c1-11-6-7-12(10-14-11)15-13(17)16-8-4-2-3-5-9-16/h6-7,10H,2-5,8-9H2,1H3,(H,15,17). The van der Waals surface area contributed by atoms with Gasteiger partial charge in [-0.15, -0.1) is 0 Å². The number of amides is 2. The van der Waals surface area contributed by atoms with Crippen molar-refractivity contribution in [3.63, 3.8) is 0 Å². The van der Waals surface area contributed by atoms with Crippen LogP contribution in [0.1, 0.15) is 31.4 Å². The second-order valence-corrected chi connectivity index (χ2v) is 4.52. The molecule has 4 heteroatoms. The zero-order valence-corrected chi connectivity index (χ0v) is 10.3. The van der Waals surface area contributed by atoms with Crippen LogP contribution in [0.3, 0.4) is 0 Å². The molecule has 1 saturated heterocycles. The third-order valence-electron chi connectivity index (χ3n) is 3.06. The Bertz CT molecular complexity index is 367. The first-order valence-electron chi connectivity index (χ1n) is 6.24. The van der Waals surface area contributed by atoms with Crippen molar-refractivity contribution in [3.8, 4) is 0 Å². The summed E-state index contributed by atoms with van der Waals surface area (Å²) in [5.41, 5.74) is 1.72. The smallest absolute Gasteiger partial charge is 0.321 e. The van der Waals surface area contributed by atoms with Crippen LogP contribution in [-0.2, 0) is 0 Å². The van der Waals surface area contributed by atoms with E-state index in [4.69, 9.17) is 0 Å². The van der Waals surface area contributed by atoms with Crippen molar-refractivity contribution in [1.29, 1.82) is 0 Å². The molecule has 0 unspecified atom stereocenters. The molecule has 2 rings (SSSR count). The highest BCUT2D eigenvalue weighted by Gasteiger charge is 2.15. The highest BCUT2D eigenvalue weighted by atomic mass is 16.2. The summed E-state index contributed by atoms with van der Waals surface area (Å²) >= 11 is 0. The van der Waals surface area contributed by atoms with Crippen molar-refractivity contribution in [2.24, 2.45) is 0 Å². The second-order valence-electron chi connectivity index (χ2n) is 4.52. The topological polar surface area (TPSA) is 45.2 Å². The van der Waals surface area contributed by atoms with E-state index in [1.807, 2.05) is 24.0 Å². The summed E-state index contributed by atoms with van der Waals surface area (Å²) in [4.78, 5) is 18.1. The van der Waals surface area contributed by atoms with Crippen LogP contribution in [0.5, 0.6) is 0 Å². The fraction of sp³-hybridized carbons (Fsp3) is 0.538. The van der Waals surface area contributed by atoms with E-state index in [2.05, 4.69) is 10.3 Å². The van der Waals surface area contributed by atoms with Crippen LogP contribution in [0.25, 0.3) is 0 Å². The Morgan fingerprint density at radius 2 is 1.94 bits per heavy atom. The van der Waals surface area contributed by atoms with E-state index in [9.17, 15) is 4.79 Å². The van der Waals surface area contributed by atoms with Gasteiger partial charge >= 0.3 is 6.03 Å². The Balaban J connectivity index is 1.93. The minimum atomic E-state index is -0.00227. The largest absolute Gasteiger partial charge is 0.325 e. The molecular weight excluding hydrogens is 214 g/mol. The van der Waals surface area contributed by atoms with Crippen molar-refractivity contribution < 1.29 is 4.79 Å². The minimum absolute atomic E-state index is 0.00227. The number of urea groups is 1. The van der Waals surface area contributed by atoms with Crippen LogP contribution in [-0.4, -0.2) is 29.0 Å². The summed E-state index contributed by atoms with van der Waals surface area (Å²) in [6, 6.07) is 3.79. The predicted octanol–water partition coefficient (Wildman–Crippen LogP) is 2.80. The summed E-state index contributed by atoms with van der Waals surface area (Å²) in [5.74, 6) is 0. The summed E-state index contributed by atoms with van der Waals surface area (Å²) < 4.78 is 0. The number of aromatic nitrogens is 1. The highest BCUT2D eigenvalue weighted by molar-refractivity contribution is 5.89. The lowest BCUT2D eigenvalue weighted by Crippen LogP contribution is -2.35. The number of likely N-dealkylation sites (tertiary alicyclic amines) is 1. The lowest BCUT2D eigenvalue weighted by molar-refractivity contribution is 0.214. The van der Waals surface area contributed by atoms with Gasteiger partial charge in [-0.25, -0.2) is 4.79 Å². The molecule has 17 heavy (non-hydrogen) atoms. The number of carbonyl (C=O) groups excluding carboxylic acids is 1. The number of carbonyl (C=O) groups is 1. The quantitative estimate of drug-likeness (QED) is 0.810. The van der Waals surface area contributed by atoms with Crippen molar-refractivity contribution in [1.82, 2.24) is 9.88 Å². The molecule has 0 bridgehead atoms. The number of rotatable bonds is 1. The van der Waals surface area contributed by atoms with Crippen LogP contribution in [0.15, 0.2) is 18.3 Å². The van der Waals surface area contributed by atoms with Crippen LogP contribution in [0.4, 0.5) is 10.5 Å². The first-order valence-corrected chi connectivity index (χ1v) is 6.24. The van der Waals surface area contributed by atoms with E-state index < -0.39 is 0 Å². The zero-order chi connectivity index (χ0) is 12.1. The molecule has 0 aliphatic carbocycles. The molecule has 1 aromatic rings. The average Bonchev–Trinajstić information content (AvgIpc) is 2.61. The van der Waals surface area contributed by atoms with Crippen LogP contribution in [0, 0.1) is 6.92 Å². The Morgan fingerprint density at radius 3 is 2.53 bits per heavy atom. The number of anilines is 1. The summed E-state index contributed by atoms with van der Waals surface area (Å²) in [6.07, 6.45) is 6.38. The molecule has 92 valence electrons. The zero-order valence-electron chi connectivity index (χ0n) is 10.3. The molecule has 4 nitrogen and oxygen atoms in total. The molecule has 1 fully saturated rings. The van der Waals surface area contributed by atoms with Crippen LogP contribution in [0.2, 0.25) is 0 Å². The Hall–Kier alpha value is -1.58. The number of pyridine rings is 1. The monoisotopic (exact) mass is 233 g/mol. The van der Waals surface area contributed by atoms with Gasteiger partial charge in [-0.2, -0.15) is 0 Å². The molecule has 2 heterocycles.